The highest BCUT2D eigenvalue weighted by molar-refractivity contribution is 5.95. The van der Waals surface area contributed by atoms with E-state index in [0.717, 1.165) is 43.0 Å². The average molecular weight is 554 g/mol. The molecule has 1 amide bonds. The standard InChI is InChI=1S/C28H30F3N7O2/c29-28(30,31)9-7-24(39)23-12-18(8-10-33-23)22-2-1-11-38-25(22)35-27(36-38)34-21-5-3-17(4-6-21)26(40)37-15-19-13-32-14-20(19)16-37/h1-6,8,11,19-20,23,32-33H,7,9-10,12-16H2,(H,34,36)/t19-,20+,23?. The first-order valence-electron chi connectivity index (χ1n) is 13.5. The van der Waals surface area contributed by atoms with Gasteiger partial charge < -0.3 is 20.9 Å². The van der Waals surface area contributed by atoms with Gasteiger partial charge >= 0.3 is 6.18 Å². The van der Waals surface area contributed by atoms with E-state index in [1.54, 1.807) is 22.8 Å². The number of pyridine rings is 1. The third kappa shape index (κ3) is 5.59. The van der Waals surface area contributed by atoms with Gasteiger partial charge in [-0.15, -0.1) is 5.10 Å². The first kappa shape index (κ1) is 26.5. The van der Waals surface area contributed by atoms with Gasteiger partial charge in [-0.3, -0.25) is 9.59 Å². The first-order valence-corrected chi connectivity index (χ1v) is 13.5. The molecule has 0 spiro atoms. The Bertz CT molecular complexity index is 1440. The molecule has 3 atom stereocenters. The zero-order valence-electron chi connectivity index (χ0n) is 21.7. The summed E-state index contributed by atoms with van der Waals surface area (Å²) in [5.74, 6) is 1.03. The number of aromatic nitrogens is 3. The van der Waals surface area contributed by atoms with E-state index in [2.05, 4.69) is 26.0 Å². The van der Waals surface area contributed by atoms with Crippen LogP contribution in [-0.2, 0) is 4.79 Å². The van der Waals surface area contributed by atoms with Gasteiger partial charge in [-0.25, -0.2) is 4.52 Å². The molecule has 2 saturated heterocycles. The topological polar surface area (TPSA) is 104 Å². The van der Waals surface area contributed by atoms with Gasteiger partial charge in [-0.1, -0.05) is 6.08 Å². The van der Waals surface area contributed by atoms with Crippen molar-refractivity contribution in [3.05, 3.63) is 59.8 Å². The molecular formula is C28H30F3N7O2. The number of amides is 1. The molecule has 12 heteroatoms. The predicted octanol–water partition coefficient (Wildman–Crippen LogP) is 3.42. The lowest BCUT2D eigenvalue weighted by Gasteiger charge is -2.23. The largest absolute Gasteiger partial charge is 0.389 e. The van der Waals surface area contributed by atoms with Crippen molar-refractivity contribution in [2.24, 2.45) is 11.8 Å². The molecule has 3 aliphatic heterocycles. The van der Waals surface area contributed by atoms with Crippen molar-refractivity contribution < 1.29 is 22.8 Å². The molecule has 0 radical (unpaired) electrons. The minimum Gasteiger partial charge on any atom is -0.338 e. The Morgan fingerprint density at radius 2 is 1.82 bits per heavy atom. The number of alkyl halides is 3. The molecule has 40 heavy (non-hydrogen) atoms. The number of ketones is 1. The number of nitrogens with zero attached hydrogens (tertiary/aromatic N) is 4. The summed E-state index contributed by atoms with van der Waals surface area (Å²) in [6, 6.07) is 10.2. The Morgan fingerprint density at radius 1 is 1.07 bits per heavy atom. The lowest BCUT2D eigenvalue weighted by Crippen LogP contribution is -2.40. The second-order valence-electron chi connectivity index (χ2n) is 10.7. The van der Waals surface area contributed by atoms with Crippen LogP contribution in [0.25, 0.3) is 11.2 Å². The van der Waals surface area contributed by atoms with E-state index in [9.17, 15) is 22.8 Å². The first-order chi connectivity index (χ1) is 19.2. The maximum absolute atomic E-state index is 13.0. The number of likely N-dealkylation sites (tertiary alicyclic amines) is 1. The van der Waals surface area contributed by atoms with Crippen molar-refractivity contribution in [1.29, 1.82) is 0 Å². The van der Waals surface area contributed by atoms with Gasteiger partial charge in [0.2, 0.25) is 5.95 Å². The number of hydrogen-bond acceptors (Lipinski definition) is 7. The van der Waals surface area contributed by atoms with E-state index in [1.165, 1.54) is 0 Å². The number of nitrogens with one attached hydrogen (secondary N) is 3. The third-order valence-electron chi connectivity index (χ3n) is 7.95. The fourth-order valence-corrected chi connectivity index (χ4v) is 5.83. The number of rotatable bonds is 7. The van der Waals surface area contributed by atoms with Crippen LogP contribution < -0.4 is 16.0 Å². The Morgan fingerprint density at radius 3 is 2.55 bits per heavy atom. The number of anilines is 2. The van der Waals surface area contributed by atoms with Crippen molar-refractivity contribution in [2.75, 3.05) is 38.0 Å². The summed E-state index contributed by atoms with van der Waals surface area (Å²) in [7, 11) is 0. The molecule has 210 valence electrons. The highest BCUT2D eigenvalue weighted by atomic mass is 19.4. The zero-order chi connectivity index (χ0) is 27.9. The molecule has 3 N–H and O–H groups in total. The van der Waals surface area contributed by atoms with E-state index >= 15 is 0 Å². The highest BCUT2D eigenvalue weighted by Crippen LogP contribution is 2.30. The number of carbonyl (C=O) groups excluding carboxylic acids is 2. The van der Waals surface area contributed by atoms with Gasteiger partial charge in [0.15, 0.2) is 5.65 Å². The number of Topliss-reactive ketones (excluding diaryl/α,β-unsaturated/α-hetero) is 1. The number of hydrogen-bond donors (Lipinski definition) is 3. The minimum atomic E-state index is -4.36. The van der Waals surface area contributed by atoms with E-state index in [1.807, 2.05) is 35.2 Å². The van der Waals surface area contributed by atoms with Crippen LogP contribution in [0, 0.1) is 11.8 Å². The van der Waals surface area contributed by atoms with Crippen molar-refractivity contribution in [3.8, 4) is 0 Å². The number of fused-ring (bicyclic) bond motifs is 2. The highest BCUT2D eigenvalue weighted by Gasteiger charge is 2.38. The lowest BCUT2D eigenvalue weighted by molar-refractivity contribution is -0.144. The van der Waals surface area contributed by atoms with Gasteiger partial charge in [0.1, 0.15) is 5.78 Å². The molecule has 0 bridgehead atoms. The third-order valence-corrected chi connectivity index (χ3v) is 7.95. The maximum Gasteiger partial charge on any atom is 0.389 e. The fraction of sp³-hybridized carbons (Fsp3) is 0.429. The lowest BCUT2D eigenvalue weighted by atomic mass is 9.92. The minimum absolute atomic E-state index is 0.0434. The number of halogens is 3. The van der Waals surface area contributed by atoms with Gasteiger partial charge in [0.25, 0.3) is 5.91 Å². The normalized spacial score (nSPS) is 22.8. The molecule has 2 fully saturated rings. The number of benzene rings is 1. The van der Waals surface area contributed by atoms with Crippen LogP contribution >= 0.6 is 0 Å². The predicted molar refractivity (Wildman–Crippen MR) is 143 cm³/mol. The Hall–Kier alpha value is -3.77. The fourth-order valence-electron chi connectivity index (χ4n) is 5.83. The van der Waals surface area contributed by atoms with E-state index in [-0.39, 0.29) is 12.3 Å². The maximum atomic E-state index is 13.0. The molecule has 1 unspecified atom stereocenters. The Balaban J connectivity index is 1.13. The average Bonchev–Trinajstić information content (AvgIpc) is 3.66. The van der Waals surface area contributed by atoms with Crippen molar-refractivity contribution >= 4 is 34.5 Å². The Kier molecular flexibility index (Phi) is 7.05. The molecule has 0 aliphatic carbocycles. The van der Waals surface area contributed by atoms with Crippen molar-refractivity contribution in [3.63, 3.8) is 0 Å². The summed E-state index contributed by atoms with van der Waals surface area (Å²) < 4.78 is 39.4. The number of carbonyl (C=O) groups is 2. The van der Waals surface area contributed by atoms with Crippen LogP contribution in [0.3, 0.4) is 0 Å². The van der Waals surface area contributed by atoms with Gasteiger partial charge in [0, 0.05) is 62.2 Å². The molecule has 0 saturated carbocycles. The summed E-state index contributed by atoms with van der Waals surface area (Å²) in [6.07, 6.45) is -2.07. The molecule has 3 aliphatic rings. The van der Waals surface area contributed by atoms with Crippen LogP contribution in [0.2, 0.25) is 0 Å². The van der Waals surface area contributed by atoms with Crippen molar-refractivity contribution in [1.82, 2.24) is 30.1 Å². The van der Waals surface area contributed by atoms with Gasteiger partial charge in [-0.05, 0) is 60.2 Å². The molecule has 6 rings (SSSR count). The Labute approximate surface area is 228 Å². The molecule has 5 heterocycles. The summed E-state index contributed by atoms with van der Waals surface area (Å²) in [5, 5.41) is 14.1. The van der Waals surface area contributed by atoms with Crippen LogP contribution in [0.4, 0.5) is 24.8 Å². The van der Waals surface area contributed by atoms with Crippen molar-refractivity contribution in [2.45, 2.75) is 31.5 Å². The van der Waals surface area contributed by atoms with E-state index in [4.69, 9.17) is 0 Å². The molecule has 1 aromatic carbocycles. The molecule has 9 nitrogen and oxygen atoms in total. The second kappa shape index (κ2) is 10.7. The van der Waals surface area contributed by atoms with Crippen LogP contribution in [0.5, 0.6) is 0 Å². The summed E-state index contributed by atoms with van der Waals surface area (Å²) in [4.78, 5) is 32.0. The summed E-state index contributed by atoms with van der Waals surface area (Å²) in [6.45, 7) is 3.90. The summed E-state index contributed by atoms with van der Waals surface area (Å²) >= 11 is 0. The molecular weight excluding hydrogens is 523 g/mol. The monoisotopic (exact) mass is 553 g/mol. The smallest absolute Gasteiger partial charge is 0.338 e. The van der Waals surface area contributed by atoms with E-state index in [0.29, 0.717) is 35.5 Å². The summed E-state index contributed by atoms with van der Waals surface area (Å²) in [5.41, 5.74) is 3.54. The SMILES string of the molecule is O=C(CCC(F)(F)F)C1CC(c2cccn3nc(Nc4ccc(C(=O)N5C[C@H]6CNC[C@H]6C5)cc4)nc23)=CCN1. The van der Waals surface area contributed by atoms with Gasteiger partial charge in [-0.2, -0.15) is 18.2 Å². The van der Waals surface area contributed by atoms with Crippen LogP contribution in [0.1, 0.15) is 35.2 Å². The quantitative estimate of drug-likeness (QED) is 0.412. The molecule has 3 aromatic rings. The van der Waals surface area contributed by atoms with Crippen LogP contribution in [-0.4, -0.2) is 76.1 Å². The second-order valence-corrected chi connectivity index (χ2v) is 10.7. The van der Waals surface area contributed by atoms with Gasteiger partial charge in [0.05, 0.1) is 12.5 Å². The van der Waals surface area contributed by atoms with Crippen LogP contribution in [0.15, 0.2) is 48.7 Å². The molecule has 2 aromatic heterocycles. The zero-order valence-corrected chi connectivity index (χ0v) is 21.7. The van der Waals surface area contributed by atoms with E-state index < -0.39 is 30.8 Å².